The fraction of sp³-hybridized carbons (Fsp3) is 0.600. The lowest BCUT2D eigenvalue weighted by molar-refractivity contribution is 0.202. The summed E-state index contributed by atoms with van der Waals surface area (Å²) in [7, 11) is -7.82. The molecular formula is C5H12O6P2. The quantitative estimate of drug-likeness (QED) is 0.530. The van der Waals surface area contributed by atoms with Gasteiger partial charge in [0.1, 0.15) is 0 Å². The van der Waals surface area contributed by atoms with Crippen molar-refractivity contribution in [1.82, 2.24) is 0 Å². The van der Waals surface area contributed by atoms with Crippen molar-refractivity contribution in [2.45, 2.75) is 13.3 Å². The number of hydrogen-bond acceptors (Lipinski definition) is 4. The van der Waals surface area contributed by atoms with E-state index in [4.69, 9.17) is 9.79 Å². The summed E-state index contributed by atoms with van der Waals surface area (Å²) in [6, 6.07) is 0. The Kier molecular flexibility index (Phi) is 5.72. The summed E-state index contributed by atoms with van der Waals surface area (Å²) in [5, 5.41) is 0. The zero-order valence-corrected chi connectivity index (χ0v) is 8.99. The molecule has 0 aliphatic rings. The van der Waals surface area contributed by atoms with Gasteiger partial charge in [0.15, 0.2) is 0 Å². The van der Waals surface area contributed by atoms with Crippen LogP contribution < -0.4 is 0 Å². The maximum atomic E-state index is 10.8. The van der Waals surface area contributed by atoms with Gasteiger partial charge in [-0.15, -0.1) is 6.58 Å². The lowest BCUT2D eigenvalue weighted by Gasteiger charge is -2.09. The Hall–Kier alpha value is 0.0400. The molecule has 8 heteroatoms. The van der Waals surface area contributed by atoms with Gasteiger partial charge in [-0.25, -0.2) is 8.88 Å². The smallest absolute Gasteiger partial charge is 0.326 e. The topological polar surface area (TPSA) is 93.1 Å². The van der Waals surface area contributed by atoms with Crippen LogP contribution >= 0.6 is 16.1 Å². The van der Waals surface area contributed by atoms with Crippen molar-refractivity contribution in [3.05, 3.63) is 12.2 Å². The van der Waals surface area contributed by atoms with Crippen molar-refractivity contribution < 1.29 is 27.8 Å². The Bertz CT molecular complexity index is 249. The zero-order chi connectivity index (χ0) is 10.5. The Morgan fingerprint density at radius 2 is 2.23 bits per heavy atom. The van der Waals surface area contributed by atoms with Crippen LogP contribution in [0.3, 0.4) is 0 Å². The second-order valence-corrected chi connectivity index (χ2v) is 4.82. The fourth-order valence-electron chi connectivity index (χ4n) is 0.460. The standard InChI is InChI=1S/C5H12O6P2/c1-5(2)3-4-10-13(8,9)11-12(6)7/h12H,1,3-4H2,2H3,(H,6,7)(H,8,9). The predicted octanol–water partition coefficient (Wildman–Crippen LogP) is 1.47. The van der Waals surface area contributed by atoms with Crippen LogP contribution in [-0.4, -0.2) is 16.4 Å². The molecule has 0 saturated carbocycles. The van der Waals surface area contributed by atoms with Gasteiger partial charge in [-0.1, -0.05) is 5.57 Å². The molecule has 0 saturated heterocycles. The van der Waals surface area contributed by atoms with Gasteiger partial charge in [-0.05, 0) is 13.3 Å². The molecule has 0 aromatic heterocycles. The third kappa shape index (κ3) is 8.37. The molecule has 6 nitrogen and oxygen atoms in total. The van der Waals surface area contributed by atoms with Crippen LogP contribution in [-0.2, 0) is 18.0 Å². The van der Waals surface area contributed by atoms with Gasteiger partial charge < -0.3 is 9.79 Å². The summed E-state index contributed by atoms with van der Waals surface area (Å²) >= 11 is 0. The van der Waals surface area contributed by atoms with Crippen LogP contribution in [0.2, 0.25) is 0 Å². The summed E-state index contributed by atoms with van der Waals surface area (Å²) in [6.45, 7) is 5.19. The molecule has 0 bridgehead atoms. The fourth-order valence-corrected chi connectivity index (χ4v) is 1.78. The lowest BCUT2D eigenvalue weighted by Crippen LogP contribution is -1.93. The molecule has 2 N–H and O–H groups in total. The number of phosphoric ester groups is 1. The predicted molar refractivity (Wildman–Crippen MR) is 47.5 cm³/mol. The van der Waals surface area contributed by atoms with Gasteiger partial charge in [-0.2, -0.15) is 0 Å². The highest BCUT2D eigenvalue weighted by atomic mass is 31.2. The molecule has 0 amide bonds. The average Bonchev–Trinajstić information content (AvgIpc) is 1.81. The molecule has 0 aliphatic heterocycles. The van der Waals surface area contributed by atoms with Gasteiger partial charge in [-0.3, -0.25) is 9.09 Å². The Morgan fingerprint density at radius 1 is 1.69 bits per heavy atom. The van der Waals surface area contributed by atoms with Crippen molar-refractivity contribution >= 4 is 16.1 Å². The van der Waals surface area contributed by atoms with Crippen molar-refractivity contribution in [2.75, 3.05) is 6.61 Å². The second kappa shape index (κ2) is 5.70. The molecule has 78 valence electrons. The number of hydrogen-bond donors (Lipinski definition) is 2. The van der Waals surface area contributed by atoms with Crippen molar-refractivity contribution in [3.63, 3.8) is 0 Å². The van der Waals surface area contributed by atoms with Gasteiger partial charge in [0, 0.05) is 0 Å². The molecule has 0 aromatic rings. The lowest BCUT2D eigenvalue weighted by atomic mass is 10.3. The van der Waals surface area contributed by atoms with E-state index in [1.54, 1.807) is 6.92 Å². The molecule has 0 aromatic carbocycles. The molecule has 0 heterocycles. The van der Waals surface area contributed by atoms with E-state index in [2.05, 4.69) is 15.4 Å². The summed E-state index contributed by atoms with van der Waals surface area (Å²) in [5.41, 5.74) is 0.775. The van der Waals surface area contributed by atoms with Crippen LogP contribution in [0, 0.1) is 0 Å². The van der Waals surface area contributed by atoms with E-state index >= 15 is 0 Å². The highest BCUT2D eigenvalue weighted by molar-refractivity contribution is 7.55. The van der Waals surface area contributed by atoms with Crippen molar-refractivity contribution in [1.29, 1.82) is 0 Å². The molecule has 0 radical (unpaired) electrons. The highest BCUT2D eigenvalue weighted by Crippen LogP contribution is 2.50. The van der Waals surface area contributed by atoms with Gasteiger partial charge >= 0.3 is 16.1 Å². The average molecular weight is 230 g/mol. The van der Waals surface area contributed by atoms with Crippen LogP contribution in [0.1, 0.15) is 13.3 Å². The van der Waals surface area contributed by atoms with E-state index < -0.39 is 16.1 Å². The van der Waals surface area contributed by atoms with Crippen LogP contribution in [0.4, 0.5) is 0 Å². The third-order valence-corrected chi connectivity index (χ3v) is 3.03. The maximum absolute atomic E-state index is 10.8. The first-order valence-corrected chi connectivity index (χ1v) is 6.13. The van der Waals surface area contributed by atoms with E-state index in [1.165, 1.54) is 0 Å². The van der Waals surface area contributed by atoms with E-state index in [0.29, 0.717) is 6.42 Å². The number of rotatable bonds is 6. The summed E-state index contributed by atoms with van der Waals surface area (Å²) < 4.78 is 28.9. The van der Waals surface area contributed by atoms with Gasteiger partial charge in [0.2, 0.25) is 0 Å². The number of phosphoric acid groups is 1. The monoisotopic (exact) mass is 230 g/mol. The molecule has 0 fully saturated rings. The summed E-state index contributed by atoms with van der Waals surface area (Å²) in [5.74, 6) is 0. The largest absolute Gasteiger partial charge is 0.479 e. The SMILES string of the molecule is C=C(C)CCOP(=O)(O)O[PH](=O)O. The molecule has 2 atom stereocenters. The first-order valence-electron chi connectivity index (χ1n) is 3.38. The Morgan fingerprint density at radius 3 is 2.62 bits per heavy atom. The van der Waals surface area contributed by atoms with Crippen LogP contribution in [0.5, 0.6) is 0 Å². The second-order valence-electron chi connectivity index (χ2n) is 2.37. The van der Waals surface area contributed by atoms with Crippen LogP contribution in [0.25, 0.3) is 0 Å². The molecule has 13 heavy (non-hydrogen) atoms. The minimum atomic E-state index is -4.36. The first-order chi connectivity index (χ1) is 5.83. The Labute approximate surface area is 76.8 Å². The molecule has 0 spiro atoms. The van der Waals surface area contributed by atoms with E-state index in [-0.39, 0.29) is 6.61 Å². The van der Waals surface area contributed by atoms with Crippen molar-refractivity contribution in [2.24, 2.45) is 0 Å². The minimum absolute atomic E-state index is 0.0712. The van der Waals surface area contributed by atoms with Crippen LogP contribution in [0.15, 0.2) is 12.2 Å². The highest BCUT2D eigenvalue weighted by Gasteiger charge is 2.23. The van der Waals surface area contributed by atoms with Gasteiger partial charge in [0.25, 0.3) is 0 Å². The zero-order valence-electron chi connectivity index (χ0n) is 7.10. The molecule has 0 aliphatic carbocycles. The van der Waals surface area contributed by atoms with E-state index in [1.807, 2.05) is 0 Å². The maximum Gasteiger partial charge on any atom is 0.479 e. The Balaban J connectivity index is 3.82. The first kappa shape index (κ1) is 13.0. The molecule has 2 unspecified atom stereocenters. The van der Waals surface area contributed by atoms with Crippen molar-refractivity contribution in [3.8, 4) is 0 Å². The molecular weight excluding hydrogens is 218 g/mol. The summed E-state index contributed by atoms with van der Waals surface area (Å²) in [6.07, 6.45) is 0.389. The van der Waals surface area contributed by atoms with Gasteiger partial charge in [0.05, 0.1) is 6.61 Å². The third-order valence-electron chi connectivity index (χ3n) is 0.977. The summed E-state index contributed by atoms with van der Waals surface area (Å²) in [4.78, 5) is 16.9. The minimum Gasteiger partial charge on any atom is -0.326 e. The normalized spacial score (nSPS) is 17.8. The van der Waals surface area contributed by atoms with E-state index in [0.717, 1.165) is 5.57 Å². The van der Waals surface area contributed by atoms with E-state index in [9.17, 15) is 9.13 Å². The molecule has 0 rings (SSSR count).